The van der Waals surface area contributed by atoms with Crippen LogP contribution < -0.4 is 10.9 Å². The first-order valence-corrected chi connectivity index (χ1v) is 8.39. The number of carbonyl (C=O) groups excluding carboxylic acids is 2. The molecule has 1 saturated heterocycles. The number of benzene rings is 2. The van der Waals surface area contributed by atoms with E-state index in [9.17, 15) is 18.4 Å². The first-order chi connectivity index (χ1) is 12.5. The van der Waals surface area contributed by atoms with Gasteiger partial charge in [-0.2, -0.15) is 0 Å². The Morgan fingerprint density at radius 2 is 1.42 bits per heavy atom. The molecule has 0 aromatic heterocycles. The van der Waals surface area contributed by atoms with Crippen molar-refractivity contribution in [3.63, 3.8) is 0 Å². The standard InChI is InChI=1S/C19H19F2N3O2/c20-15-3-1-14(2-4-15)19(26)24-11-9-13(10-12-24)18(25)23-22-17-7-5-16(21)6-8-17/h1-8,13,22H,9-12H2,(H,23,25). The van der Waals surface area contributed by atoms with Crippen molar-refractivity contribution in [3.8, 4) is 0 Å². The van der Waals surface area contributed by atoms with E-state index in [1.165, 1.54) is 48.5 Å². The zero-order chi connectivity index (χ0) is 18.5. The van der Waals surface area contributed by atoms with Crippen molar-refractivity contribution in [2.24, 2.45) is 5.92 Å². The second-order valence-corrected chi connectivity index (χ2v) is 6.19. The fourth-order valence-electron chi connectivity index (χ4n) is 2.89. The Hall–Kier alpha value is -2.96. The van der Waals surface area contributed by atoms with Crippen LogP contribution in [0.25, 0.3) is 0 Å². The molecule has 0 bridgehead atoms. The predicted molar refractivity (Wildman–Crippen MR) is 93.2 cm³/mol. The maximum Gasteiger partial charge on any atom is 0.253 e. The summed E-state index contributed by atoms with van der Waals surface area (Å²) in [5, 5.41) is 0. The molecule has 1 fully saturated rings. The summed E-state index contributed by atoms with van der Waals surface area (Å²) in [6, 6.07) is 11.1. The molecular weight excluding hydrogens is 340 g/mol. The summed E-state index contributed by atoms with van der Waals surface area (Å²) in [6.45, 7) is 0.926. The second kappa shape index (κ2) is 7.95. The average molecular weight is 359 g/mol. The Labute approximate surface area is 150 Å². The third-order valence-electron chi connectivity index (χ3n) is 4.42. The van der Waals surface area contributed by atoms with Crippen molar-refractivity contribution in [3.05, 3.63) is 65.7 Å². The van der Waals surface area contributed by atoms with Crippen LogP contribution in [-0.4, -0.2) is 29.8 Å². The lowest BCUT2D eigenvalue weighted by Crippen LogP contribution is -2.44. The summed E-state index contributed by atoms with van der Waals surface area (Å²) < 4.78 is 25.8. The van der Waals surface area contributed by atoms with Gasteiger partial charge < -0.3 is 4.90 Å². The monoisotopic (exact) mass is 359 g/mol. The molecule has 136 valence electrons. The summed E-state index contributed by atoms with van der Waals surface area (Å²) in [5.41, 5.74) is 6.39. The number of anilines is 1. The minimum Gasteiger partial charge on any atom is -0.339 e. The predicted octanol–water partition coefficient (Wildman–Crippen LogP) is 2.96. The number of hydrogen-bond acceptors (Lipinski definition) is 3. The topological polar surface area (TPSA) is 61.4 Å². The fraction of sp³-hybridized carbons (Fsp3) is 0.263. The molecule has 2 aromatic rings. The summed E-state index contributed by atoms with van der Waals surface area (Å²) in [7, 11) is 0. The minimum atomic E-state index is -0.384. The van der Waals surface area contributed by atoms with Crippen LogP contribution in [0.5, 0.6) is 0 Å². The maximum atomic E-state index is 13.0. The highest BCUT2D eigenvalue weighted by Gasteiger charge is 2.27. The van der Waals surface area contributed by atoms with E-state index in [0.29, 0.717) is 37.2 Å². The van der Waals surface area contributed by atoms with E-state index in [1.807, 2.05) is 0 Å². The maximum absolute atomic E-state index is 13.0. The van der Waals surface area contributed by atoms with Gasteiger partial charge in [0.15, 0.2) is 0 Å². The number of rotatable bonds is 4. The summed E-state index contributed by atoms with van der Waals surface area (Å²) >= 11 is 0. The molecule has 2 amide bonds. The number of nitrogens with one attached hydrogen (secondary N) is 2. The number of hydrazine groups is 1. The van der Waals surface area contributed by atoms with Crippen molar-refractivity contribution >= 4 is 17.5 Å². The number of piperidine rings is 1. The molecule has 0 unspecified atom stereocenters. The molecule has 1 heterocycles. The van der Waals surface area contributed by atoms with Crippen LogP contribution in [0.4, 0.5) is 14.5 Å². The average Bonchev–Trinajstić information content (AvgIpc) is 2.67. The van der Waals surface area contributed by atoms with Crippen molar-refractivity contribution in [1.82, 2.24) is 10.3 Å². The largest absolute Gasteiger partial charge is 0.339 e. The lowest BCUT2D eigenvalue weighted by atomic mass is 9.95. The molecule has 5 nitrogen and oxygen atoms in total. The molecule has 26 heavy (non-hydrogen) atoms. The zero-order valence-corrected chi connectivity index (χ0v) is 14.0. The van der Waals surface area contributed by atoms with E-state index in [2.05, 4.69) is 10.9 Å². The van der Waals surface area contributed by atoms with Crippen molar-refractivity contribution in [2.45, 2.75) is 12.8 Å². The molecule has 2 aromatic carbocycles. The highest BCUT2D eigenvalue weighted by Crippen LogP contribution is 2.19. The van der Waals surface area contributed by atoms with Crippen LogP contribution in [0, 0.1) is 17.6 Å². The van der Waals surface area contributed by atoms with Gasteiger partial charge in [-0.1, -0.05) is 0 Å². The molecule has 1 aliphatic heterocycles. The van der Waals surface area contributed by atoms with Gasteiger partial charge >= 0.3 is 0 Å². The number of carbonyl (C=O) groups is 2. The summed E-state index contributed by atoms with van der Waals surface area (Å²) in [4.78, 5) is 26.3. The van der Waals surface area contributed by atoms with Gasteiger partial charge in [-0.15, -0.1) is 0 Å². The van der Waals surface area contributed by atoms with Gasteiger partial charge in [-0.3, -0.25) is 20.4 Å². The lowest BCUT2D eigenvalue weighted by Gasteiger charge is -2.31. The number of amides is 2. The fourth-order valence-corrected chi connectivity index (χ4v) is 2.89. The molecule has 0 aliphatic carbocycles. The van der Waals surface area contributed by atoms with Crippen LogP contribution in [0.15, 0.2) is 48.5 Å². The highest BCUT2D eigenvalue weighted by molar-refractivity contribution is 5.94. The van der Waals surface area contributed by atoms with Crippen molar-refractivity contribution in [2.75, 3.05) is 18.5 Å². The zero-order valence-electron chi connectivity index (χ0n) is 14.0. The Morgan fingerprint density at radius 1 is 0.885 bits per heavy atom. The van der Waals surface area contributed by atoms with E-state index >= 15 is 0 Å². The third kappa shape index (κ3) is 4.36. The van der Waals surface area contributed by atoms with Gasteiger partial charge in [-0.25, -0.2) is 8.78 Å². The first kappa shape index (κ1) is 17.8. The van der Waals surface area contributed by atoms with Crippen LogP contribution in [0.1, 0.15) is 23.2 Å². The van der Waals surface area contributed by atoms with Crippen LogP contribution in [-0.2, 0) is 4.79 Å². The van der Waals surface area contributed by atoms with E-state index in [0.717, 1.165) is 0 Å². The van der Waals surface area contributed by atoms with Gasteiger partial charge in [0.2, 0.25) is 5.91 Å². The molecule has 1 aliphatic rings. The molecule has 0 atom stereocenters. The van der Waals surface area contributed by atoms with Crippen LogP contribution >= 0.6 is 0 Å². The van der Waals surface area contributed by atoms with Gasteiger partial charge in [0, 0.05) is 24.6 Å². The van der Waals surface area contributed by atoms with E-state index in [1.54, 1.807) is 4.90 Å². The second-order valence-electron chi connectivity index (χ2n) is 6.19. The minimum absolute atomic E-state index is 0.159. The summed E-state index contributed by atoms with van der Waals surface area (Å²) in [5.74, 6) is -1.26. The highest BCUT2D eigenvalue weighted by atomic mass is 19.1. The van der Waals surface area contributed by atoms with Crippen LogP contribution in [0.2, 0.25) is 0 Å². The Bertz CT molecular complexity index is 770. The van der Waals surface area contributed by atoms with Gasteiger partial charge in [-0.05, 0) is 61.4 Å². The van der Waals surface area contributed by atoms with Crippen molar-refractivity contribution < 1.29 is 18.4 Å². The normalized spacial score (nSPS) is 14.8. The quantitative estimate of drug-likeness (QED) is 0.825. The number of hydrogen-bond donors (Lipinski definition) is 2. The summed E-state index contributed by atoms with van der Waals surface area (Å²) in [6.07, 6.45) is 1.09. The smallest absolute Gasteiger partial charge is 0.253 e. The van der Waals surface area contributed by atoms with E-state index in [-0.39, 0.29) is 29.4 Å². The molecule has 2 N–H and O–H groups in total. The lowest BCUT2D eigenvalue weighted by molar-refractivity contribution is -0.125. The Morgan fingerprint density at radius 3 is 2.00 bits per heavy atom. The number of halogens is 2. The van der Waals surface area contributed by atoms with Gasteiger partial charge in [0.05, 0.1) is 5.69 Å². The van der Waals surface area contributed by atoms with Gasteiger partial charge in [0.1, 0.15) is 11.6 Å². The molecule has 0 radical (unpaired) electrons. The number of likely N-dealkylation sites (tertiary alicyclic amines) is 1. The molecule has 0 spiro atoms. The third-order valence-corrected chi connectivity index (χ3v) is 4.42. The molecule has 0 saturated carbocycles. The van der Waals surface area contributed by atoms with E-state index < -0.39 is 0 Å². The van der Waals surface area contributed by atoms with Crippen LogP contribution in [0.3, 0.4) is 0 Å². The van der Waals surface area contributed by atoms with E-state index in [4.69, 9.17) is 0 Å². The van der Waals surface area contributed by atoms with Gasteiger partial charge in [0.25, 0.3) is 5.91 Å². The molecular formula is C19H19F2N3O2. The molecule has 7 heteroatoms. The Kier molecular flexibility index (Phi) is 5.46. The molecule has 3 rings (SSSR count). The first-order valence-electron chi connectivity index (χ1n) is 8.39. The Balaban J connectivity index is 1.48. The SMILES string of the molecule is O=C(NNc1ccc(F)cc1)C1CCN(C(=O)c2ccc(F)cc2)CC1. The number of nitrogens with zero attached hydrogens (tertiary/aromatic N) is 1. The van der Waals surface area contributed by atoms with Crippen molar-refractivity contribution in [1.29, 1.82) is 0 Å².